The van der Waals surface area contributed by atoms with Crippen LogP contribution in [0.3, 0.4) is 0 Å². The van der Waals surface area contributed by atoms with E-state index >= 15 is 0 Å². The number of thioether (sulfide) groups is 2. The normalized spacial score (nSPS) is 15.4. The lowest BCUT2D eigenvalue weighted by Gasteiger charge is -2.16. The number of nitrogens with one attached hydrogen (secondary N) is 2. The van der Waals surface area contributed by atoms with Gasteiger partial charge >= 0.3 is 6.03 Å². The third-order valence-electron chi connectivity index (χ3n) is 10.2. The number of hydrogen-bond donors (Lipinski definition) is 2. The third-order valence-corrected chi connectivity index (χ3v) is 12.5. The summed E-state index contributed by atoms with van der Waals surface area (Å²) in [5.74, 6) is 11.9. The van der Waals surface area contributed by atoms with Crippen LogP contribution < -0.4 is 20.1 Å². The average Bonchev–Trinajstić information content (AvgIpc) is 3.91. The fraction of sp³-hybridized carbons (Fsp3) is 0.271. The molecular formula is C48H46N10O3S2. The molecule has 15 heteroatoms. The summed E-state index contributed by atoms with van der Waals surface area (Å²) in [6.45, 7) is 4.51. The van der Waals surface area contributed by atoms with Crippen LogP contribution in [0.5, 0.6) is 11.5 Å². The van der Waals surface area contributed by atoms with Gasteiger partial charge in [-0.05, 0) is 130 Å². The number of hydrogen-bond acceptors (Lipinski definition) is 11. The number of ether oxygens (including phenoxy) is 2. The van der Waals surface area contributed by atoms with Gasteiger partial charge in [0, 0.05) is 40.1 Å². The summed E-state index contributed by atoms with van der Waals surface area (Å²) >= 11 is 3.41. The van der Waals surface area contributed by atoms with Crippen LogP contribution in [0.15, 0.2) is 120 Å². The number of nitrogens with zero attached hydrogens (tertiary/aromatic N) is 8. The molecule has 318 valence electrons. The van der Waals surface area contributed by atoms with Crippen molar-refractivity contribution in [1.29, 1.82) is 0 Å². The summed E-state index contributed by atoms with van der Waals surface area (Å²) in [4.78, 5) is 21.1. The van der Waals surface area contributed by atoms with E-state index in [1.165, 1.54) is 12.8 Å². The molecular weight excluding hydrogens is 829 g/mol. The van der Waals surface area contributed by atoms with Crippen molar-refractivity contribution >= 4 is 29.6 Å². The van der Waals surface area contributed by atoms with Crippen LogP contribution in [0, 0.1) is 37.7 Å². The molecule has 0 saturated carbocycles. The molecule has 2 aliphatic carbocycles. The van der Waals surface area contributed by atoms with Gasteiger partial charge in [0.25, 0.3) is 0 Å². The highest BCUT2D eigenvalue weighted by Crippen LogP contribution is 2.33. The summed E-state index contributed by atoms with van der Waals surface area (Å²) in [6, 6.07) is 21.4. The van der Waals surface area contributed by atoms with E-state index in [1.807, 2.05) is 83.6 Å². The van der Waals surface area contributed by atoms with Gasteiger partial charge in [-0.1, -0.05) is 59.7 Å². The maximum absolute atomic E-state index is 12.5. The molecule has 0 radical (unpaired) electrons. The van der Waals surface area contributed by atoms with E-state index in [-0.39, 0.29) is 19.8 Å². The highest BCUT2D eigenvalue weighted by molar-refractivity contribution is 8.00. The maximum Gasteiger partial charge on any atom is 0.327 e. The van der Waals surface area contributed by atoms with E-state index in [9.17, 15) is 4.79 Å². The molecule has 0 aliphatic heterocycles. The Balaban J connectivity index is 0.809. The van der Waals surface area contributed by atoms with Crippen LogP contribution >= 0.6 is 23.5 Å². The smallest absolute Gasteiger partial charge is 0.327 e. The molecule has 8 rings (SSSR count). The van der Waals surface area contributed by atoms with Crippen LogP contribution in [-0.2, 0) is 13.2 Å². The topological polar surface area (TPSA) is 147 Å². The van der Waals surface area contributed by atoms with Gasteiger partial charge in [-0.3, -0.25) is 24.4 Å². The molecule has 0 saturated heterocycles. The molecule has 13 nitrogen and oxygen atoms in total. The van der Waals surface area contributed by atoms with Crippen LogP contribution in [0.25, 0.3) is 11.4 Å². The van der Waals surface area contributed by atoms with Crippen molar-refractivity contribution in [2.75, 3.05) is 6.54 Å². The van der Waals surface area contributed by atoms with Gasteiger partial charge in [0.2, 0.25) is 0 Å². The number of rotatable bonds is 13. The minimum absolute atomic E-state index is 0.142. The highest BCUT2D eigenvalue weighted by atomic mass is 32.2. The van der Waals surface area contributed by atoms with Gasteiger partial charge in [-0.2, -0.15) is 0 Å². The SMILES string of the molecule is Cc1cc(OCc2nnc(SC3C=CCCC3)n2-c2cccnc2)ccc1C#CCNC(=O)NC#Cc1ccc(OCc2nnc(SC3C=CCCC3)n2-c2cccnc2)cc1C. The number of carbonyl (C=O) groups excluding carboxylic acids is 1. The second-order valence-electron chi connectivity index (χ2n) is 14.8. The zero-order chi connectivity index (χ0) is 43.2. The third kappa shape index (κ3) is 11.6. The zero-order valence-corrected chi connectivity index (χ0v) is 36.7. The van der Waals surface area contributed by atoms with Crippen molar-refractivity contribution < 1.29 is 14.3 Å². The number of aromatic nitrogens is 8. The first-order chi connectivity index (χ1) is 31.0. The number of aryl methyl sites for hydroxylation is 2. The first-order valence-corrected chi connectivity index (χ1v) is 22.6. The number of amides is 2. The van der Waals surface area contributed by atoms with Crippen LogP contribution in [0.2, 0.25) is 0 Å². The van der Waals surface area contributed by atoms with E-state index in [2.05, 4.69) is 89.1 Å². The van der Waals surface area contributed by atoms with Gasteiger partial charge in [0.15, 0.2) is 22.0 Å². The van der Waals surface area contributed by atoms with E-state index in [1.54, 1.807) is 48.3 Å². The number of urea groups is 1. The largest absolute Gasteiger partial charge is 0.486 e. The number of benzene rings is 2. The van der Waals surface area contributed by atoms with Gasteiger partial charge in [0.1, 0.15) is 24.7 Å². The Kier molecular flexibility index (Phi) is 14.5. The maximum atomic E-state index is 12.5. The average molecular weight is 875 g/mol. The number of pyridine rings is 2. The second kappa shape index (κ2) is 21.3. The molecule has 6 aromatic rings. The van der Waals surface area contributed by atoms with Crippen molar-refractivity contribution in [1.82, 2.24) is 50.1 Å². The molecule has 2 aromatic carbocycles. The van der Waals surface area contributed by atoms with Crippen molar-refractivity contribution in [2.45, 2.75) is 86.4 Å². The number of carbonyl (C=O) groups is 1. The second-order valence-corrected chi connectivity index (χ2v) is 17.2. The van der Waals surface area contributed by atoms with Gasteiger partial charge < -0.3 is 14.8 Å². The van der Waals surface area contributed by atoms with E-state index in [4.69, 9.17) is 9.47 Å². The van der Waals surface area contributed by atoms with Crippen LogP contribution in [0.4, 0.5) is 4.79 Å². The number of allylic oxidation sites excluding steroid dienone is 2. The molecule has 4 heterocycles. The van der Waals surface area contributed by atoms with Gasteiger partial charge in [-0.25, -0.2) is 4.79 Å². The zero-order valence-electron chi connectivity index (χ0n) is 35.0. The first-order valence-electron chi connectivity index (χ1n) is 20.8. The fourth-order valence-electron chi connectivity index (χ4n) is 6.95. The lowest BCUT2D eigenvalue weighted by Crippen LogP contribution is -2.32. The molecule has 2 N–H and O–H groups in total. The monoisotopic (exact) mass is 874 g/mol. The molecule has 63 heavy (non-hydrogen) atoms. The van der Waals surface area contributed by atoms with E-state index in [0.29, 0.717) is 33.6 Å². The minimum atomic E-state index is -0.444. The Morgan fingerprint density at radius 2 is 1.27 bits per heavy atom. The Labute approximate surface area is 375 Å². The van der Waals surface area contributed by atoms with Crippen LogP contribution in [0.1, 0.15) is 72.4 Å². The van der Waals surface area contributed by atoms with Crippen molar-refractivity contribution in [3.05, 3.63) is 144 Å². The lowest BCUT2D eigenvalue weighted by molar-refractivity contribution is 0.246. The van der Waals surface area contributed by atoms with Crippen LogP contribution in [-0.4, -0.2) is 62.6 Å². The standard InChI is InChI=1S/C48H46N10O3S2/c1-34-28-40(60-32-44-53-55-47(62-42-15-5-3-6-16-42)57(44)38-13-10-24-49-30-38)21-19-36(34)12-9-26-51-46(59)52-27-23-37-20-22-41(29-35(37)2)61-33-45-54-56-48(63-43-17-7-4-8-18-43)58(45)39-14-11-25-50-31-39/h5,7,10-11,13-15,17,19-22,24-25,28-31,42-43H,3-4,6,8,16,18,26,32-33H2,1-2H3,(H2,51,52,59). The van der Waals surface area contributed by atoms with E-state index in [0.717, 1.165) is 69.6 Å². The van der Waals surface area contributed by atoms with E-state index < -0.39 is 6.03 Å². The molecule has 2 aliphatic rings. The minimum Gasteiger partial charge on any atom is -0.486 e. The summed E-state index contributed by atoms with van der Waals surface area (Å²) in [6.07, 6.45) is 22.9. The molecule has 0 bridgehead atoms. The molecule has 4 aromatic heterocycles. The molecule has 2 unspecified atom stereocenters. The Hall–Kier alpha value is -6.81. The predicted octanol–water partition coefficient (Wildman–Crippen LogP) is 8.47. The molecule has 2 amide bonds. The Morgan fingerprint density at radius 1 is 0.730 bits per heavy atom. The molecule has 2 atom stereocenters. The summed E-state index contributed by atoms with van der Waals surface area (Å²) < 4.78 is 16.4. The van der Waals surface area contributed by atoms with Crippen molar-refractivity contribution in [2.24, 2.45) is 0 Å². The fourth-order valence-corrected chi connectivity index (χ4v) is 9.25. The summed E-state index contributed by atoms with van der Waals surface area (Å²) in [5, 5.41) is 25.7. The Bertz CT molecular complexity index is 2710. The highest BCUT2D eigenvalue weighted by Gasteiger charge is 2.21. The van der Waals surface area contributed by atoms with Gasteiger partial charge in [0.05, 0.1) is 30.3 Å². The molecule has 0 fully saturated rings. The first kappa shape index (κ1) is 42.9. The predicted molar refractivity (Wildman–Crippen MR) is 245 cm³/mol. The quantitative estimate of drug-likeness (QED) is 0.0655. The van der Waals surface area contributed by atoms with Crippen molar-refractivity contribution in [3.63, 3.8) is 0 Å². The lowest BCUT2D eigenvalue weighted by atomic mass is 10.1. The Morgan fingerprint density at radius 3 is 1.75 bits per heavy atom. The molecule has 0 spiro atoms. The summed E-state index contributed by atoms with van der Waals surface area (Å²) in [7, 11) is 0. The van der Waals surface area contributed by atoms with Crippen molar-refractivity contribution in [3.8, 4) is 46.7 Å². The summed E-state index contributed by atoms with van der Waals surface area (Å²) in [5.41, 5.74) is 5.21. The van der Waals surface area contributed by atoms with Gasteiger partial charge in [-0.15, -0.1) is 20.4 Å².